The zero-order chi connectivity index (χ0) is 14.7. The Balaban J connectivity index is 1.76. The molecular formula is C18H19NO2. The molecule has 21 heavy (non-hydrogen) atoms. The van der Waals surface area contributed by atoms with Crippen LogP contribution in [0.5, 0.6) is 0 Å². The monoisotopic (exact) mass is 281 g/mol. The summed E-state index contributed by atoms with van der Waals surface area (Å²) in [6, 6.07) is 17.8. The highest BCUT2D eigenvalue weighted by Crippen LogP contribution is 2.48. The molecule has 1 aliphatic carbocycles. The fraction of sp³-hybridized carbons (Fsp3) is 0.278. The van der Waals surface area contributed by atoms with E-state index in [2.05, 4.69) is 5.32 Å². The fourth-order valence-electron chi connectivity index (χ4n) is 2.69. The van der Waals surface area contributed by atoms with Crippen molar-refractivity contribution in [3.05, 3.63) is 65.7 Å². The van der Waals surface area contributed by atoms with Crippen LogP contribution in [0.3, 0.4) is 0 Å². The number of methoxy groups -OCH3 is 1. The summed E-state index contributed by atoms with van der Waals surface area (Å²) < 4.78 is 5.12. The van der Waals surface area contributed by atoms with E-state index in [1.807, 2.05) is 54.6 Å². The molecule has 1 N–H and O–H groups in total. The summed E-state index contributed by atoms with van der Waals surface area (Å²) in [6.07, 6.45) is 1.83. The molecule has 3 rings (SSSR count). The second-order valence-electron chi connectivity index (χ2n) is 5.54. The van der Waals surface area contributed by atoms with E-state index in [0.717, 1.165) is 29.7 Å². The Morgan fingerprint density at radius 1 is 1.14 bits per heavy atom. The Morgan fingerprint density at radius 3 is 2.57 bits per heavy atom. The molecule has 1 aliphatic rings. The van der Waals surface area contributed by atoms with Crippen LogP contribution in [0.15, 0.2) is 54.6 Å². The minimum Gasteiger partial charge on any atom is -0.380 e. The van der Waals surface area contributed by atoms with Crippen LogP contribution >= 0.6 is 0 Å². The lowest BCUT2D eigenvalue weighted by atomic mass is 9.95. The first-order valence-corrected chi connectivity index (χ1v) is 7.19. The topological polar surface area (TPSA) is 38.3 Å². The van der Waals surface area contributed by atoms with E-state index in [1.54, 1.807) is 7.11 Å². The second-order valence-corrected chi connectivity index (χ2v) is 5.54. The lowest BCUT2D eigenvalue weighted by Gasteiger charge is -2.16. The smallest absolute Gasteiger partial charge is 0.235 e. The maximum Gasteiger partial charge on any atom is 0.235 e. The molecule has 1 saturated carbocycles. The van der Waals surface area contributed by atoms with Gasteiger partial charge in [0.2, 0.25) is 5.91 Å². The van der Waals surface area contributed by atoms with Crippen LogP contribution < -0.4 is 5.32 Å². The van der Waals surface area contributed by atoms with Crippen molar-refractivity contribution in [2.75, 3.05) is 12.4 Å². The van der Waals surface area contributed by atoms with Gasteiger partial charge >= 0.3 is 0 Å². The summed E-state index contributed by atoms with van der Waals surface area (Å²) in [5.41, 5.74) is 2.66. The first kappa shape index (κ1) is 13.8. The first-order chi connectivity index (χ1) is 10.2. The maximum absolute atomic E-state index is 12.6. The molecule has 0 heterocycles. The van der Waals surface area contributed by atoms with Gasteiger partial charge < -0.3 is 10.1 Å². The SMILES string of the molecule is COCc1cccc(NC(=O)C2(c3ccccc3)CC2)c1. The van der Waals surface area contributed by atoms with Crippen LogP contribution in [0.2, 0.25) is 0 Å². The average Bonchev–Trinajstić information content (AvgIpc) is 3.31. The molecule has 1 amide bonds. The third-order valence-corrected chi connectivity index (χ3v) is 4.01. The van der Waals surface area contributed by atoms with Crippen LogP contribution in [0.4, 0.5) is 5.69 Å². The summed E-state index contributed by atoms with van der Waals surface area (Å²) in [5, 5.41) is 3.05. The molecule has 0 radical (unpaired) electrons. The number of amides is 1. The zero-order valence-corrected chi connectivity index (χ0v) is 12.1. The van der Waals surface area contributed by atoms with Gasteiger partial charge in [0.05, 0.1) is 12.0 Å². The predicted octanol–water partition coefficient (Wildman–Crippen LogP) is 3.50. The van der Waals surface area contributed by atoms with Crippen LogP contribution in [0, 0.1) is 0 Å². The van der Waals surface area contributed by atoms with E-state index in [1.165, 1.54) is 0 Å². The lowest BCUT2D eigenvalue weighted by molar-refractivity contribution is -0.118. The Kier molecular flexibility index (Phi) is 3.76. The number of hydrogen-bond acceptors (Lipinski definition) is 2. The van der Waals surface area contributed by atoms with Crippen molar-refractivity contribution in [3.63, 3.8) is 0 Å². The van der Waals surface area contributed by atoms with Gasteiger partial charge in [-0.1, -0.05) is 42.5 Å². The van der Waals surface area contributed by atoms with Crippen molar-refractivity contribution < 1.29 is 9.53 Å². The minimum absolute atomic E-state index is 0.0864. The van der Waals surface area contributed by atoms with Crippen molar-refractivity contribution in [1.29, 1.82) is 0 Å². The molecule has 0 spiro atoms. The zero-order valence-electron chi connectivity index (χ0n) is 12.1. The van der Waals surface area contributed by atoms with E-state index in [0.29, 0.717) is 6.61 Å². The summed E-state index contributed by atoms with van der Waals surface area (Å²) in [6.45, 7) is 0.549. The van der Waals surface area contributed by atoms with E-state index in [4.69, 9.17) is 4.74 Å². The molecule has 0 unspecified atom stereocenters. The number of benzene rings is 2. The third kappa shape index (κ3) is 2.83. The van der Waals surface area contributed by atoms with Gasteiger partial charge in [0.25, 0.3) is 0 Å². The van der Waals surface area contributed by atoms with E-state index in [9.17, 15) is 4.79 Å². The average molecular weight is 281 g/mol. The molecule has 3 nitrogen and oxygen atoms in total. The minimum atomic E-state index is -0.335. The number of ether oxygens (including phenoxy) is 1. The quantitative estimate of drug-likeness (QED) is 0.911. The lowest BCUT2D eigenvalue weighted by Crippen LogP contribution is -2.27. The standard InChI is InChI=1S/C18H19NO2/c1-21-13-14-6-5-9-16(12-14)19-17(20)18(10-11-18)15-7-3-2-4-8-15/h2-9,12H,10-11,13H2,1H3,(H,19,20). The highest BCUT2D eigenvalue weighted by molar-refractivity contribution is 6.01. The number of hydrogen-bond donors (Lipinski definition) is 1. The fourth-order valence-corrected chi connectivity index (χ4v) is 2.69. The Bertz CT molecular complexity index is 633. The van der Waals surface area contributed by atoms with E-state index < -0.39 is 0 Å². The molecule has 0 atom stereocenters. The van der Waals surface area contributed by atoms with E-state index >= 15 is 0 Å². The molecule has 0 aromatic heterocycles. The van der Waals surface area contributed by atoms with Crippen molar-refractivity contribution in [2.24, 2.45) is 0 Å². The van der Waals surface area contributed by atoms with Crippen molar-refractivity contribution >= 4 is 11.6 Å². The number of rotatable bonds is 5. The summed E-state index contributed by atoms with van der Waals surface area (Å²) in [4.78, 5) is 12.6. The van der Waals surface area contributed by atoms with Crippen molar-refractivity contribution in [3.8, 4) is 0 Å². The largest absolute Gasteiger partial charge is 0.380 e. The van der Waals surface area contributed by atoms with Gasteiger partial charge in [-0.05, 0) is 36.1 Å². The van der Waals surface area contributed by atoms with Crippen molar-refractivity contribution in [1.82, 2.24) is 0 Å². The van der Waals surface area contributed by atoms with Gasteiger partial charge in [0, 0.05) is 12.8 Å². The summed E-state index contributed by atoms with van der Waals surface area (Å²) >= 11 is 0. The molecule has 0 saturated heterocycles. The number of nitrogens with one attached hydrogen (secondary N) is 1. The Labute approximate surface area is 124 Å². The number of anilines is 1. The van der Waals surface area contributed by atoms with Crippen LogP contribution in [0.25, 0.3) is 0 Å². The molecule has 2 aromatic carbocycles. The molecular weight excluding hydrogens is 262 g/mol. The van der Waals surface area contributed by atoms with Gasteiger partial charge in [-0.25, -0.2) is 0 Å². The highest BCUT2D eigenvalue weighted by Gasteiger charge is 2.51. The van der Waals surface area contributed by atoms with Gasteiger partial charge in [0.1, 0.15) is 0 Å². The highest BCUT2D eigenvalue weighted by atomic mass is 16.5. The summed E-state index contributed by atoms with van der Waals surface area (Å²) in [7, 11) is 1.67. The van der Waals surface area contributed by atoms with Crippen LogP contribution in [-0.2, 0) is 21.6 Å². The molecule has 0 aliphatic heterocycles. The number of carbonyl (C=O) groups excluding carboxylic acids is 1. The van der Waals surface area contributed by atoms with Gasteiger partial charge in [-0.3, -0.25) is 4.79 Å². The molecule has 108 valence electrons. The number of carbonyl (C=O) groups is 1. The van der Waals surface area contributed by atoms with Crippen LogP contribution in [0.1, 0.15) is 24.0 Å². The first-order valence-electron chi connectivity index (χ1n) is 7.19. The second kappa shape index (κ2) is 5.70. The van der Waals surface area contributed by atoms with Crippen LogP contribution in [-0.4, -0.2) is 13.0 Å². The molecule has 0 bridgehead atoms. The van der Waals surface area contributed by atoms with Crippen molar-refractivity contribution in [2.45, 2.75) is 24.9 Å². The van der Waals surface area contributed by atoms with Gasteiger partial charge in [-0.15, -0.1) is 0 Å². The maximum atomic E-state index is 12.6. The van der Waals surface area contributed by atoms with Gasteiger partial charge in [-0.2, -0.15) is 0 Å². The third-order valence-electron chi connectivity index (χ3n) is 4.01. The van der Waals surface area contributed by atoms with E-state index in [-0.39, 0.29) is 11.3 Å². The summed E-state index contributed by atoms with van der Waals surface area (Å²) in [5.74, 6) is 0.0864. The molecule has 3 heteroatoms. The van der Waals surface area contributed by atoms with Gasteiger partial charge in [0.15, 0.2) is 0 Å². The predicted molar refractivity (Wildman–Crippen MR) is 83.1 cm³/mol. The molecule has 1 fully saturated rings. The Hall–Kier alpha value is -2.13. The normalized spacial score (nSPS) is 15.5. The Morgan fingerprint density at radius 2 is 1.90 bits per heavy atom. The molecule has 2 aromatic rings.